The lowest BCUT2D eigenvalue weighted by molar-refractivity contribution is -0.136. The predicted molar refractivity (Wildman–Crippen MR) is 107 cm³/mol. The monoisotopic (exact) mass is 401 g/mol. The highest BCUT2D eigenvalue weighted by atomic mass is 19.2. The van der Waals surface area contributed by atoms with Crippen LogP contribution < -0.4 is 10.6 Å². The van der Waals surface area contributed by atoms with E-state index < -0.39 is 23.4 Å². The third-order valence-corrected chi connectivity index (χ3v) is 6.19. The van der Waals surface area contributed by atoms with Gasteiger partial charge in [-0.15, -0.1) is 0 Å². The molecule has 0 aliphatic heterocycles. The minimum Gasteiger partial charge on any atom is -0.359 e. The van der Waals surface area contributed by atoms with Crippen molar-refractivity contribution in [1.29, 1.82) is 0 Å². The van der Waals surface area contributed by atoms with Gasteiger partial charge in [0.05, 0.1) is 11.2 Å². The molecule has 3 N–H and O–H groups in total. The van der Waals surface area contributed by atoms with Gasteiger partial charge in [-0.3, -0.25) is 9.59 Å². The van der Waals surface area contributed by atoms with Gasteiger partial charge < -0.3 is 15.6 Å². The van der Waals surface area contributed by atoms with E-state index in [9.17, 15) is 18.4 Å². The van der Waals surface area contributed by atoms with E-state index in [1.807, 2.05) is 0 Å². The summed E-state index contributed by atoms with van der Waals surface area (Å²) in [5, 5.41) is 5.45. The topological polar surface area (TPSA) is 74.0 Å². The van der Waals surface area contributed by atoms with E-state index >= 15 is 0 Å². The molecular weight excluding hydrogens is 376 g/mol. The van der Waals surface area contributed by atoms with Crippen LogP contribution >= 0.6 is 0 Å². The van der Waals surface area contributed by atoms with Crippen LogP contribution in [-0.2, 0) is 9.59 Å². The largest absolute Gasteiger partial charge is 0.359 e. The van der Waals surface area contributed by atoms with Crippen molar-refractivity contribution in [2.45, 2.75) is 39.0 Å². The highest BCUT2D eigenvalue weighted by Gasteiger charge is 2.31. The number of carbonyl (C=O) groups is 2. The average Bonchev–Trinajstić information content (AvgIpc) is 3.07. The van der Waals surface area contributed by atoms with Crippen LogP contribution in [0.15, 0.2) is 30.0 Å². The van der Waals surface area contributed by atoms with E-state index in [-0.39, 0.29) is 5.69 Å². The summed E-state index contributed by atoms with van der Waals surface area (Å²) < 4.78 is 26.8. The number of hydrogen-bond donors (Lipinski definition) is 3. The van der Waals surface area contributed by atoms with Gasteiger partial charge in [-0.05, 0) is 49.5 Å². The molecule has 4 rings (SSSR count). The van der Waals surface area contributed by atoms with Crippen LogP contribution in [0.5, 0.6) is 0 Å². The van der Waals surface area contributed by atoms with Gasteiger partial charge in [-0.25, -0.2) is 8.78 Å². The molecule has 1 aromatic carbocycles. The molecule has 2 aromatic rings. The van der Waals surface area contributed by atoms with Gasteiger partial charge in [-0.2, -0.15) is 0 Å². The molecule has 154 valence electrons. The Morgan fingerprint density at radius 2 is 1.93 bits per heavy atom. The molecule has 3 unspecified atom stereocenters. The summed E-state index contributed by atoms with van der Waals surface area (Å²) in [6.07, 6.45) is 9.56. The molecule has 0 saturated heterocycles. The number of aromatic nitrogens is 1. The van der Waals surface area contributed by atoms with E-state index in [0.717, 1.165) is 24.5 Å². The third-order valence-electron chi connectivity index (χ3n) is 6.19. The van der Waals surface area contributed by atoms with Crippen LogP contribution in [0.2, 0.25) is 0 Å². The summed E-state index contributed by atoms with van der Waals surface area (Å²) in [5.74, 6) is -1.53. The molecule has 2 bridgehead atoms. The highest BCUT2D eigenvalue weighted by molar-refractivity contribution is 6.40. The Bertz CT molecular complexity index is 982. The number of rotatable bonds is 4. The lowest BCUT2D eigenvalue weighted by Gasteiger charge is -2.38. The van der Waals surface area contributed by atoms with Gasteiger partial charge in [0.2, 0.25) is 0 Å². The lowest BCUT2D eigenvalue weighted by atomic mass is 9.68. The van der Waals surface area contributed by atoms with E-state index in [2.05, 4.69) is 28.6 Å². The fourth-order valence-corrected chi connectivity index (χ4v) is 4.83. The first kappa shape index (κ1) is 19.6. The summed E-state index contributed by atoms with van der Waals surface area (Å²) in [7, 11) is 0. The Hall–Kier alpha value is -2.70. The van der Waals surface area contributed by atoms with Crippen molar-refractivity contribution in [2.75, 3.05) is 11.9 Å². The van der Waals surface area contributed by atoms with Crippen molar-refractivity contribution >= 4 is 28.4 Å². The Labute approximate surface area is 167 Å². The van der Waals surface area contributed by atoms with E-state index in [1.54, 1.807) is 0 Å². The number of nitrogens with one attached hydrogen (secondary N) is 3. The van der Waals surface area contributed by atoms with Crippen LogP contribution in [0.3, 0.4) is 0 Å². The molecule has 2 aliphatic rings. The minimum absolute atomic E-state index is 0.232. The maximum atomic E-state index is 13.5. The van der Waals surface area contributed by atoms with Gasteiger partial charge >= 0.3 is 11.8 Å². The van der Waals surface area contributed by atoms with Crippen molar-refractivity contribution in [3.05, 3.63) is 41.6 Å². The Morgan fingerprint density at radius 3 is 2.69 bits per heavy atom. The van der Waals surface area contributed by atoms with Gasteiger partial charge in [0.15, 0.2) is 11.6 Å². The Morgan fingerprint density at radius 1 is 1.14 bits per heavy atom. The standard InChI is InChI=1S/C22H25F2N3O2/c1-2-12-3-13-5-14(4-12)7-15(6-13)10-26-21(28)22(29)27-20-11-25-19-9-18(24)17(23)8-16(19)20/h6,8-9,11-14,25H,2-5,7,10H2,1H3,(H,26,28)(H,27,29). The first-order chi connectivity index (χ1) is 13.9. The number of anilines is 1. The quantitative estimate of drug-likeness (QED) is 0.529. The van der Waals surface area contributed by atoms with Crippen molar-refractivity contribution < 1.29 is 18.4 Å². The summed E-state index contributed by atoms with van der Waals surface area (Å²) in [6.45, 7) is 2.61. The lowest BCUT2D eigenvalue weighted by Crippen LogP contribution is -2.37. The van der Waals surface area contributed by atoms with Crippen LogP contribution in [0.4, 0.5) is 14.5 Å². The maximum Gasteiger partial charge on any atom is 0.313 e. The summed E-state index contributed by atoms with van der Waals surface area (Å²) >= 11 is 0. The number of fused-ring (bicyclic) bond motifs is 3. The molecule has 0 spiro atoms. The first-order valence-corrected chi connectivity index (χ1v) is 10.2. The zero-order chi connectivity index (χ0) is 20.5. The zero-order valence-electron chi connectivity index (χ0n) is 16.4. The number of hydrogen-bond acceptors (Lipinski definition) is 2. The number of amides is 2. The second-order valence-corrected chi connectivity index (χ2v) is 8.29. The fraction of sp³-hybridized carbons (Fsp3) is 0.455. The van der Waals surface area contributed by atoms with E-state index in [1.165, 1.54) is 37.5 Å². The minimum atomic E-state index is -1.02. The number of benzene rings is 1. The summed E-state index contributed by atoms with van der Waals surface area (Å²) in [6, 6.07) is 2.00. The van der Waals surface area contributed by atoms with Crippen LogP contribution in [0.1, 0.15) is 39.0 Å². The van der Waals surface area contributed by atoms with E-state index in [0.29, 0.717) is 29.3 Å². The second kappa shape index (κ2) is 7.97. The van der Waals surface area contributed by atoms with Gasteiger partial charge in [0, 0.05) is 24.2 Å². The molecule has 7 heteroatoms. The van der Waals surface area contributed by atoms with Gasteiger partial charge in [0.25, 0.3) is 0 Å². The number of H-pyrrole nitrogens is 1. The number of aromatic amines is 1. The molecular formula is C22H25F2N3O2. The van der Waals surface area contributed by atoms with E-state index in [4.69, 9.17) is 0 Å². The van der Waals surface area contributed by atoms with Crippen LogP contribution in [0, 0.1) is 29.4 Å². The normalized spacial score (nSPS) is 23.6. The SMILES string of the molecule is CCC1CC2C=C(CNC(=O)C(=O)Nc3c[nH]c4cc(F)c(F)cc34)CC(C2)C1. The van der Waals surface area contributed by atoms with Gasteiger partial charge in [0.1, 0.15) is 0 Å². The molecule has 29 heavy (non-hydrogen) atoms. The highest BCUT2D eigenvalue weighted by Crippen LogP contribution is 2.42. The van der Waals surface area contributed by atoms with Crippen molar-refractivity contribution in [1.82, 2.24) is 10.3 Å². The molecule has 0 radical (unpaired) electrons. The Kier molecular flexibility index (Phi) is 5.39. The number of allylic oxidation sites excluding steroid dienone is 1. The smallest absolute Gasteiger partial charge is 0.313 e. The molecule has 5 nitrogen and oxygen atoms in total. The number of halogens is 2. The number of carbonyl (C=O) groups excluding carboxylic acids is 2. The van der Waals surface area contributed by atoms with Crippen LogP contribution in [-0.4, -0.2) is 23.3 Å². The summed E-state index contributed by atoms with van der Waals surface area (Å²) in [4.78, 5) is 27.2. The van der Waals surface area contributed by atoms with Gasteiger partial charge in [-0.1, -0.05) is 25.0 Å². The molecule has 1 saturated carbocycles. The molecule has 2 aliphatic carbocycles. The molecule has 1 aromatic heterocycles. The third kappa shape index (κ3) is 4.18. The van der Waals surface area contributed by atoms with Crippen molar-refractivity contribution in [2.24, 2.45) is 17.8 Å². The average molecular weight is 401 g/mol. The molecule has 1 heterocycles. The molecule has 1 fully saturated rings. The van der Waals surface area contributed by atoms with Crippen molar-refractivity contribution in [3.63, 3.8) is 0 Å². The molecule has 2 amide bonds. The predicted octanol–water partition coefficient (Wildman–Crippen LogP) is 4.27. The maximum absolute atomic E-state index is 13.5. The zero-order valence-corrected chi connectivity index (χ0v) is 16.4. The summed E-state index contributed by atoms with van der Waals surface area (Å²) in [5.41, 5.74) is 1.76. The molecule has 3 atom stereocenters. The Balaban J connectivity index is 1.35. The van der Waals surface area contributed by atoms with Crippen LogP contribution in [0.25, 0.3) is 10.9 Å². The second-order valence-electron chi connectivity index (χ2n) is 8.29. The first-order valence-electron chi connectivity index (χ1n) is 10.2. The fourth-order valence-electron chi connectivity index (χ4n) is 4.83. The van der Waals surface area contributed by atoms with Crippen molar-refractivity contribution in [3.8, 4) is 0 Å².